The van der Waals surface area contributed by atoms with Gasteiger partial charge in [-0.15, -0.1) is 0 Å². The molecular weight excluding hydrogens is 182 g/mol. The first-order valence-corrected chi connectivity index (χ1v) is 3.94. The fraction of sp³-hybridized carbons (Fsp3) is 0.111. The Morgan fingerprint density at radius 1 is 1.50 bits per heavy atom. The van der Waals surface area contributed by atoms with Crippen molar-refractivity contribution in [2.24, 2.45) is 5.92 Å². The predicted octanol–water partition coefficient (Wildman–Crippen LogP) is 0.356. The number of carbonyl (C=O) groups excluding carboxylic acids is 2. The highest BCUT2D eigenvalue weighted by atomic mass is 16.2. The van der Waals surface area contributed by atoms with Gasteiger partial charge in [0.15, 0.2) is 5.92 Å². The minimum atomic E-state index is -1.27. The molecule has 1 N–H and O–H groups in total. The number of anilines is 1. The summed E-state index contributed by atoms with van der Waals surface area (Å²) >= 11 is 0. The van der Waals surface area contributed by atoms with Gasteiger partial charge >= 0.3 is 0 Å². The average molecular weight is 187 g/mol. The van der Waals surface area contributed by atoms with Crippen molar-refractivity contribution in [3.8, 4) is 6.07 Å². The van der Waals surface area contributed by atoms with Crippen molar-refractivity contribution < 1.29 is 9.59 Å². The van der Waals surface area contributed by atoms with Crippen LogP contribution in [0, 0.1) is 17.2 Å². The second-order valence-corrected chi connectivity index (χ2v) is 2.82. The Morgan fingerprint density at radius 2 is 2.29 bits per heavy atom. The summed E-state index contributed by atoms with van der Waals surface area (Å²) in [6.07, 6.45) is 1.45. The average Bonchev–Trinajstić information content (AvgIpc) is 2.18. The molecule has 1 unspecified atom stereocenters. The molecule has 2 rings (SSSR count). The number of nitrogens with zero attached hydrogens (tertiary/aromatic N) is 2. The highest BCUT2D eigenvalue weighted by Crippen LogP contribution is 2.22. The van der Waals surface area contributed by atoms with Crippen molar-refractivity contribution in [3.63, 3.8) is 0 Å². The van der Waals surface area contributed by atoms with E-state index in [-0.39, 0.29) is 5.69 Å². The predicted molar refractivity (Wildman–Crippen MR) is 46.3 cm³/mol. The van der Waals surface area contributed by atoms with E-state index in [1.807, 2.05) is 0 Å². The van der Waals surface area contributed by atoms with Gasteiger partial charge in [-0.3, -0.25) is 14.6 Å². The Hall–Kier alpha value is -2.22. The Balaban J connectivity index is 2.55. The lowest BCUT2D eigenvalue weighted by Gasteiger charge is -2.17. The lowest BCUT2D eigenvalue weighted by atomic mass is 9.97. The van der Waals surface area contributed by atoms with Crippen molar-refractivity contribution in [3.05, 3.63) is 24.0 Å². The standard InChI is InChI=1S/C9H5N3O2/c10-4-5-8(13)7-6(12-9(5)14)2-1-3-11-7/h1-3,5H,(H,12,14). The first kappa shape index (κ1) is 8.38. The summed E-state index contributed by atoms with van der Waals surface area (Å²) in [5.74, 6) is -2.39. The van der Waals surface area contributed by atoms with E-state index in [1.165, 1.54) is 6.20 Å². The van der Waals surface area contributed by atoms with E-state index in [0.717, 1.165) is 0 Å². The summed E-state index contributed by atoms with van der Waals surface area (Å²) in [5, 5.41) is 11.0. The first-order valence-electron chi connectivity index (χ1n) is 3.94. The fourth-order valence-corrected chi connectivity index (χ4v) is 1.28. The van der Waals surface area contributed by atoms with Crippen LogP contribution in [0.1, 0.15) is 10.5 Å². The molecule has 1 amide bonds. The van der Waals surface area contributed by atoms with Gasteiger partial charge in [0.25, 0.3) is 0 Å². The second-order valence-electron chi connectivity index (χ2n) is 2.82. The molecule has 0 radical (unpaired) electrons. The lowest BCUT2D eigenvalue weighted by Crippen LogP contribution is -2.34. The molecule has 0 bridgehead atoms. The number of hydrogen-bond donors (Lipinski definition) is 1. The minimum absolute atomic E-state index is 0.152. The number of ketones is 1. The van der Waals surface area contributed by atoms with Crippen molar-refractivity contribution in [1.29, 1.82) is 5.26 Å². The number of nitrogens with one attached hydrogen (secondary N) is 1. The SMILES string of the molecule is N#CC1C(=O)Nc2cccnc2C1=O. The monoisotopic (exact) mass is 187 g/mol. The molecule has 1 atom stereocenters. The van der Waals surface area contributed by atoms with Crippen LogP contribution in [0.25, 0.3) is 0 Å². The topological polar surface area (TPSA) is 82.8 Å². The molecule has 1 aromatic heterocycles. The van der Waals surface area contributed by atoms with Gasteiger partial charge in [-0.2, -0.15) is 5.26 Å². The number of pyridine rings is 1. The highest BCUT2D eigenvalue weighted by molar-refractivity contribution is 6.21. The van der Waals surface area contributed by atoms with Crippen LogP contribution in [0.4, 0.5) is 5.69 Å². The van der Waals surface area contributed by atoms with Crippen LogP contribution in [-0.4, -0.2) is 16.7 Å². The molecule has 14 heavy (non-hydrogen) atoms. The van der Waals surface area contributed by atoms with Gasteiger partial charge in [0.05, 0.1) is 11.8 Å². The maximum Gasteiger partial charge on any atom is 0.249 e. The number of rotatable bonds is 0. The molecular formula is C9H5N3O2. The molecule has 0 saturated heterocycles. The summed E-state index contributed by atoms with van der Waals surface area (Å²) in [6.45, 7) is 0. The summed E-state index contributed by atoms with van der Waals surface area (Å²) in [7, 11) is 0. The molecule has 5 heteroatoms. The van der Waals surface area contributed by atoms with Crippen LogP contribution >= 0.6 is 0 Å². The lowest BCUT2D eigenvalue weighted by molar-refractivity contribution is -0.117. The molecule has 68 valence electrons. The summed E-state index contributed by atoms with van der Waals surface area (Å²) in [6, 6.07) is 4.83. The van der Waals surface area contributed by atoms with Gasteiger partial charge in [0, 0.05) is 6.20 Å². The summed E-state index contributed by atoms with van der Waals surface area (Å²) in [4.78, 5) is 26.5. The van der Waals surface area contributed by atoms with E-state index < -0.39 is 17.6 Å². The van der Waals surface area contributed by atoms with Crippen LogP contribution in [-0.2, 0) is 4.79 Å². The number of amides is 1. The van der Waals surface area contributed by atoms with E-state index in [4.69, 9.17) is 5.26 Å². The molecule has 0 spiro atoms. The molecule has 1 aliphatic rings. The van der Waals surface area contributed by atoms with E-state index >= 15 is 0 Å². The second kappa shape index (κ2) is 2.92. The number of Topliss-reactive ketones (excluding diaryl/α,β-unsaturated/α-hetero) is 1. The zero-order chi connectivity index (χ0) is 10.1. The summed E-state index contributed by atoms with van der Waals surface area (Å²) in [5.41, 5.74) is 0.521. The van der Waals surface area contributed by atoms with Gasteiger partial charge in [-0.1, -0.05) is 0 Å². The summed E-state index contributed by atoms with van der Waals surface area (Å²) < 4.78 is 0. The third kappa shape index (κ3) is 1.05. The molecule has 0 fully saturated rings. The molecule has 0 aromatic carbocycles. The van der Waals surface area contributed by atoms with Gasteiger partial charge < -0.3 is 5.32 Å². The smallest absolute Gasteiger partial charge is 0.249 e. The van der Waals surface area contributed by atoms with Crippen LogP contribution < -0.4 is 5.32 Å². The number of hydrogen-bond acceptors (Lipinski definition) is 4. The number of nitriles is 1. The largest absolute Gasteiger partial charge is 0.323 e. The third-order valence-corrected chi connectivity index (χ3v) is 1.95. The quantitative estimate of drug-likeness (QED) is 0.594. The van der Waals surface area contributed by atoms with Crippen LogP contribution in [0.15, 0.2) is 18.3 Å². The molecule has 2 heterocycles. The van der Waals surface area contributed by atoms with Gasteiger partial charge in [0.1, 0.15) is 5.69 Å². The first-order chi connectivity index (χ1) is 6.74. The van der Waals surface area contributed by atoms with Crippen molar-refractivity contribution >= 4 is 17.4 Å². The Morgan fingerprint density at radius 3 is 3.00 bits per heavy atom. The van der Waals surface area contributed by atoms with Crippen LogP contribution in [0.3, 0.4) is 0 Å². The van der Waals surface area contributed by atoms with Gasteiger partial charge in [-0.05, 0) is 12.1 Å². The molecule has 5 nitrogen and oxygen atoms in total. The van der Waals surface area contributed by atoms with E-state index in [0.29, 0.717) is 5.69 Å². The van der Waals surface area contributed by atoms with Crippen molar-refractivity contribution in [2.75, 3.05) is 5.32 Å². The zero-order valence-electron chi connectivity index (χ0n) is 7.02. The number of aromatic nitrogens is 1. The molecule has 0 aliphatic carbocycles. The fourth-order valence-electron chi connectivity index (χ4n) is 1.28. The molecule has 1 aliphatic heterocycles. The van der Waals surface area contributed by atoms with Crippen LogP contribution in [0.2, 0.25) is 0 Å². The molecule has 0 saturated carbocycles. The zero-order valence-corrected chi connectivity index (χ0v) is 7.02. The van der Waals surface area contributed by atoms with Gasteiger partial charge in [-0.25, -0.2) is 0 Å². The third-order valence-electron chi connectivity index (χ3n) is 1.95. The van der Waals surface area contributed by atoms with E-state index in [9.17, 15) is 9.59 Å². The van der Waals surface area contributed by atoms with Crippen LogP contribution in [0.5, 0.6) is 0 Å². The normalized spacial score (nSPS) is 19.5. The van der Waals surface area contributed by atoms with E-state index in [2.05, 4.69) is 10.3 Å². The van der Waals surface area contributed by atoms with Gasteiger partial charge in [0.2, 0.25) is 11.7 Å². The Kier molecular flexibility index (Phi) is 1.75. The molecule has 1 aromatic rings. The maximum absolute atomic E-state index is 11.5. The Labute approximate surface area is 79.4 Å². The Bertz CT molecular complexity index is 461. The highest BCUT2D eigenvalue weighted by Gasteiger charge is 2.35. The van der Waals surface area contributed by atoms with Crippen molar-refractivity contribution in [1.82, 2.24) is 4.98 Å². The minimum Gasteiger partial charge on any atom is -0.323 e. The van der Waals surface area contributed by atoms with Crippen molar-refractivity contribution in [2.45, 2.75) is 0 Å². The number of carbonyl (C=O) groups is 2. The van der Waals surface area contributed by atoms with E-state index in [1.54, 1.807) is 18.2 Å². The maximum atomic E-state index is 11.5. The number of fused-ring (bicyclic) bond motifs is 1.